The quantitative estimate of drug-likeness (QED) is 0.210. The highest BCUT2D eigenvalue weighted by molar-refractivity contribution is 7.22. The fourth-order valence-corrected chi connectivity index (χ4v) is 5.51. The van der Waals surface area contributed by atoms with Gasteiger partial charge in [0.15, 0.2) is 11.1 Å². The van der Waals surface area contributed by atoms with Gasteiger partial charge < -0.3 is 21.5 Å². The molecule has 1 aliphatic rings. The minimum absolute atomic E-state index is 0.00540. The molecule has 1 fully saturated rings. The molecule has 192 valence electrons. The molecule has 1 amide bonds. The summed E-state index contributed by atoms with van der Waals surface area (Å²) in [5.41, 5.74) is 13.9. The number of hydrogen-bond donors (Lipinski definition) is 4. The molecule has 2 aromatic heterocycles. The minimum Gasteiger partial charge on any atom is -0.494 e. The molecule has 11 heteroatoms. The summed E-state index contributed by atoms with van der Waals surface area (Å²) in [6, 6.07) is 11.5. The number of guanidine groups is 1. The van der Waals surface area contributed by atoms with E-state index in [0.29, 0.717) is 23.1 Å². The van der Waals surface area contributed by atoms with Crippen LogP contribution >= 0.6 is 11.3 Å². The summed E-state index contributed by atoms with van der Waals surface area (Å²) in [6.45, 7) is 4.53. The van der Waals surface area contributed by atoms with Gasteiger partial charge in [-0.15, -0.1) is 0 Å². The van der Waals surface area contributed by atoms with Crippen molar-refractivity contribution in [1.82, 2.24) is 15.0 Å². The summed E-state index contributed by atoms with van der Waals surface area (Å²) >= 11 is 1.37. The van der Waals surface area contributed by atoms with Gasteiger partial charge in [-0.1, -0.05) is 35.8 Å². The average molecular weight is 519 g/mol. The van der Waals surface area contributed by atoms with Crippen molar-refractivity contribution in [3.05, 3.63) is 47.8 Å². The number of rotatable bonds is 7. The van der Waals surface area contributed by atoms with Gasteiger partial charge in [0.1, 0.15) is 11.6 Å². The maximum Gasteiger partial charge on any atom is 0.295 e. The molecule has 2 aromatic carbocycles. The van der Waals surface area contributed by atoms with Gasteiger partial charge in [-0.25, -0.2) is 19.9 Å². The molecule has 1 aliphatic carbocycles. The third-order valence-corrected chi connectivity index (χ3v) is 7.25. The number of carbonyl (C=O) groups is 1. The molecule has 0 bridgehead atoms. The number of benzene rings is 2. The second-order valence-electron chi connectivity index (χ2n) is 9.11. The first kappa shape index (κ1) is 24.7. The Morgan fingerprint density at radius 1 is 1.11 bits per heavy atom. The molecule has 2 unspecified atom stereocenters. The monoisotopic (exact) mass is 518 g/mol. The molecule has 2 heterocycles. The van der Waals surface area contributed by atoms with Crippen molar-refractivity contribution in [2.75, 3.05) is 17.2 Å². The Labute approximate surface area is 218 Å². The highest BCUT2D eigenvalue weighted by atomic mass is 32.1. The Hall–Kier alpha value is -3.99. The molecule has 6 N–H and O–H groups in total. The predicted octanol–water partition coefficient (Wildman–Crippen LogP) is 4.20. The molecular formula is C26H30N8O2S. The first-order chi connectivity index (χ1) is 17.9. The zero-order valence-corrected chi connectivity index (χ0v) is 21.6. The molecule has 4 aromatic rings. The van der Waals surface area contributed by atoms with Crippen molar-refractivity contribution in [3.8, 4) is 5.75 Å². The Kier molecular flexibility index (Phi) is 7.04. The van der Waals surface area contributed by atoms with E-state index in [1.54, 1.807) is 0 Å². The van der Waals surface area contributed by atoms with E-state index in [2.05, 4.69) is 30.6 Å². The number of nitrogens with one attached hydrogen (secondary N) is 2. The number of aliphatic imine (C=N–C) groups is 1. The number of hydrogen-bond acceptors (Lipinski definition) is 8. The summed E-state index contributed by atoms with van der Waals surface area (Å²) < 4.78 is 6.49. The molecule has 37 heavy (non-hydrogen) atoms. The molecule has 2 atom stereocenters. The zero-order valence-electron chi connectivity index (χ0n) is 20.8. The molecule has 0 saturated heterocycles. The van der Waals surface area contributed by atoms with E-state index in [0.717, 1.165) is 52.6 Å². The van der Waals surface area contributed by atoms with E-state index in [4.69, 9.17) is 16.2 Å². The second kappa shape index (κ2) is 10.6. The van der Waals surface area contributed by atoms with Crippen LogP contribution in [0.25, 0.3) is 21.1 Å². The summed E-state index contributed by atoms with van der Waals surface area (Å²) in [7, 11) is 0. The van der Waals surface area contributed by atoms with Crippen LogP contribution in [0.3, 0.4) is 0 Å². The third-order valence-electron chi connectivity index (χ3n) is 6.31. The van der Waals surface area contributed by atoms with Crippen LogP contribution in [0, 0.1) is 6.92 Å². The van der Waals surface area contributed by atoms with Gasteiger partial charge in [0.25, 0.3) is 5.91 Å². The number of carbonyl (C=O) groups excluding carboxylic acids is 1. The number of nitrogens with zero attached hydrogens (tertiary/aromatic N) is 4. The van der Waals surface area contributed by atoms with Crippen LogP contribution in [0.4, 0.5) is 10.9 Å². The Balaban J connectivity index is 1.45. The maximum absolute atomic E-state index is 13.2. The van der Waals surface area contributed by atoms with Gasteiger partial charge in [0.2, 0.25) is 5.82 Å². The molecule has 0 aliphatic heterocycles. The van der Waals surface area contributed by atoms with E-state index in [9.17, 15) is 4.79 Å². The third kappa shape index (κ3) is 5.56. The largest absolute Gasteiger partial charge is 0.494 e. The predicted molar refractivity (Wildman–Crippen MR) is 148 cm³/mol. The van der Waals surface area contributed by atoms with Crippen LogP contribution in [-0.2, 0) is 0 Å². The summed E-state index contributed by atoms with van der Waals surface area (Å²) in [5.74, 6) is 1.06. The van der Waals surface area contributed by atoms with Gasteiger partial charge in [-0.05, 0) is 57.0 Å². The smallest absolute Gasteiger partial charge is 0.295 e. The molecule has 5 rings (SSSR count). The SMILES string of the molecule is CCOc1ccc2nc(NC(=O)c3nc(NC4CCCCC4N=C(N)N)c4cc(C)ccc4n3)sc2c1. The van der Waals surface area contributed by atoms with Crippen LogP contribution < -0.4 is 26.8 Å². The normalized spacial score (nSPS) is 17.5. The topological polar surface area (TPSA) is 153 Å². The molecular weight excluding hydrogens is 488 g/mol. The summed E-state index contributed by atoms with van der Waals surface area (Å²) in [5, 5.41) is 7.70. The number of anilines is 2. The van der Waals surface area contributed by atoms with Gasteiger partial charge in [0.05, 0.1) is 34.4 Å². The number of aromatic nitrogens is 3. The Morgan fingerprint density at radius 2 is 1.92 bits per heavy atom. The van der Waals surface area contributed by atoms with Crippen LogP contribution in [0.1, 0.15) is 48.8 Å². The highest BCUT2D eigenvalue weighted by Gasteiger charge is 2.26. The van der Waals surface area contributed by atoms with Crippen molar-refractivity contribution in [1.29, 1.82) is 0 Å². The zero-order chi connectivity index (χ0) is 25.9. The Bertz CT molecular complexity index is 1480. The lowest BCUT2D eigenvalue weighted by Gasteiger charge is -2.30. The highest BCUT2D eigenvalue weighted by Crippen LogP contribution is 2.31. The minimum atomic E-state index is -0.431. The Morgan fingerprint density at radius 3 is 2.73 bits per heavy atom. The van der Waals surface area contributed by atoms with E-state index >= 15 is 0 Å². The van der Waals surface area contributed by atoms with Gasteiger partial charge >= 0.3 is 0 Å². The number of fused-ring (bicyclic) bond motifs is 2. The van der Waals surface area contributed by atoms with Gasteiger partial charge in [0, 0.05) is 5.39 Å². The first-order valence-corrected chi connectivity index (χ1v) is 13.2. The number of amides is 1. The van der Waals surface area contributed by atoms with Crippen molar-refractivity contribution in [2.24, 2.45) is 16.5 Å². The van der Waals surface area contributed by atoms with E-state index in [-0.39, 0.29) is 23.9 Å². The molecule has 10 nitrogen and oxygen atoms in total. The second-order valence-corrected chi connectivity index (χ2v) is 10.1. The average Bonchev–Trinajstić information content (AvgIpc) is 3.26. The van der Waals surface area contributed by atoms with Crippen molar-refractivity contribution < 1.29 is 9.53 Å². The van der Waals surface area contributed by atoms with Crippen molar-refractivity contribution >= 4 is 55.3 Å². The maximum atomic E-state index is 13.2. The van der Waals surface area contributed by atoms with Crippen molar-refractivity contribution in [3.63, 3.8) is 0 Å². The van der Waals surface area contributed by atoms with Gasteiger partial charge in [-0.3, -0.25) is 10.1 Å². The van der Waals surface area contributed by atoms with Crippen molar-refractivity contribution in [2.45, 2.75) is 51.6 Å². The van der Waals surface area contributed by atoms with E-state index in [1.807, 2.05) is 50.2 Å². The lowest BCUT2D eigenvalue weighted by Crippen LogP contribution is -2.38. The molecule has 0 spiro atoms. The lowest BCUT2D eigenvalue weighted by atomic mass is 9.90. The molecule has 1 saturated carbocycles. The first-order valence-electron chi connectivity index (χ1n) is 12.4. The van der Waals surface area contributed by atoms with E-state index in [1.165, 1.54) is 11.3 Å². The number of nitrogens with two attached hydrogens (primary N) is 2. The van der Waals surface area contributed by atoms with Crippen LogP contribution in [0.5, 0.6) is 5.75 Å². The number of thiazole rings is 1. The fourth-order valence-electron chi connectivity index (χ4n) is 4.62. The lowest BCUT2D eigenvalue weighted by molar-refractivity contribution is 0.101. The standard InChI is InChI=1S/C26H30N8O2S/c1-3-36-15-9-11-20-21(13-15)37-26(32-20)34-24(35)23-29-17-10-8-14(2)12-16(17)22(33-23)30-18-6-4-5-7-19(18)31-25(27)28/h8-13,18-19H,3-7H2,1-2H3,(H4,27,28,31)(H,29,30,33)(H,32,34,35). The molecule has 0 radical (unpaired) electrons. The van der Waals surface area contributed by atoms with Crippen LogP contribution in [0.15, 0.2) is 41.4 Å². The number of ether oxygens (including phenoxy) is 1. The van der Waals surface area contributed by atoms with Gasteiger partial charge in [-0.2, -0.15) is 0 Å². The van der Waals surface area contributed by atoms with Crippen LogP contribution in [-0.4, -0.2) is 45.5 Å². The fraction of sp³-hybridized carbons (Fsp3) is 0.346. The summed E-state index contributed by atoms with van der Waals surface area (Å²) in [6.07, 6.45) is 3.90. The summed E-state index contributed by atoms with van der Waals surface area (Å²) in [4.78, 5) is 31.4. The van der Waals surface area contributed by atoms with E-state index < -0.39 is 5.91 Å². The van der Waals surface area contributed by atoms with Crippen LogP contribution in [0.2, 0.25) is 0 Å². The number of aryl methyl sites for hydroxylation is 1.